The molecular weight excluding hydrogens is 718 g/mol. The molecule has 7 heteroatoms. The monoisotopic (exact) mass is 767 g/mol. The van der Waals surface area contributed by atoms with Crippen molar-refractivity contribution < 1.29 is 23.7 Å². The van der Waals surface area contributed by atoms with Gasteiger partial charge < -0.3 is 29.4 Å². The first-order valence-electron chi connectivity index (χ1n) is 19.4. The summed E-state index contributed by atoms with van der Waals surface area (Å²) in [5, 5.41) is 0.695. The Morgan fingerprint density at radius 2 is 0.982 bits per heavy atom. The quantitative estimate of drug-likeness (QED) is 0.0940. The molecule has 1 saturated heterocycles. The van der Waals surface area contributed by atoms with Gasteiger partial charge in [0.15, 0.2) is 0 Å². The van der Waals surface area contributed by atoms with E-state index in [4.69, 9.17) is 41.0 Å². The molecule has 0 spiro atoms. The molecule has 56 heavy (non-hydrogen) atoms. The van der Waals surface area contributed by atoms with Gasteiger partial charge in [0, 0.05) is 5.02 Å². The number of nitrogens with two attached hydrogens (primary N) is 1. The highest BCUT2D eigenvalue weighted by Crippen LogP contribution is 2.40. The van der Waals surface area contributed by atoms with Gasteiger partial charge in [0.2, 0.25) is 0 Å². The Kier molecular flexibility index (Phi) is 14.5. The average Bonchev–Trinajstić information content (AvgIpc) is 3.25. The third kappa shape index (κ3) is 11.0. The van der Waals surface area contributed by atoms with Crippen molar-refractivity contribution >= 4 is 11.6 Å². The van der Waals surface area contributed by atoms with E-state index in [0.29, 0.717) is 44.4 Å². The number of hydrogen-bond acceptors (Lipinski definition) is 6. The second-order valence-corrected chi connectivity index (χ2v) is 14.7. The standard InChI is InChI=1S/C49H50ClNO5/c50-44-26-25-42(30-43(44)29-37-23-21-36(22-24-37)27-28-51)46-48(54-33-40-17-9-3-10-18-40)49(55-34-41-19-11-4-12-20-41)47(53-32-39-15-7-2-8-16-39)45(56-46)35-52-31-38-13-5-1-6-14-38/h1-26,30,45-49H,27-29,31-35,51H2/t45-,46+,47-,48+,49+/m1/s1. The van der Waals surface area contributed by atoms with Crippen LogP contribution in [0.2, 0.25) is 5.02 Å². The van der Waals surface area contributed by atoms with Crippen LogP contribution in [0.3, 0.4) is 0 Å². The molecule has 0 bridgehead atoms. The fourth-order valence-electron chi connectivity index (χ4n) is 7.18. The van der Waals surface area contributed by atoms with Gasteiger partial charge in [-0.15, -0.1) is 0 Å². The Morgan fingerprint density at radius 1 is 0.500 bits per heavy atom. The maximum Gasteiger partial charge on any atom is 0.117 e. The van der Waals surface area contributed by atoms with E-state index in [1.54, 1.807) is 0 Å². The Bertz CT molecular complexity index is 2030. The van der Waals surface area contributed by atoms with E-state index in [2.05, 4.69) is 78.9 Å². The number of ether oxygens (including phenoxy) is 5. The Balaban J connectivity index is 1.25. The van der Waals surface area contributed by atoms with Gasteiger partial charge in [-0.25, -0.2) is 0 Å². The molecule has 288 valence electrons. The first-order valence-corrected chi connectivity index (χ1v) is 19.8. The van der Waals surface area contributed by atoms with Gasteiger partial charge in [-0.1, -0.05) is 169 Å². The third-order valence-corrected chi connectivity index (χ3v) is 10.5. The van der Waals surface area contributed by atoms with Crippen molar-refractivity contribution in [3.8, 4) is 0 Å². The predicted molar refractivity (Wildman–Crippen MR) is 222 cm³/mol. The summed E-state index contributed by atoms with van der Waals surface area (Å²) in [7, 11) is 0. The fraction of sp³-hybridized carbons (Fsp3) is 0.265. The van der Waals surface area contributed by atoms with Crippen LogP contribution in [-0.2, 0) is 63.0 Å². The normalized spacial score (nSPS) is 19.5. The van der Waals surface area contributed by atoms with Crippen molar-refractivity contribution in [1.29, 1.82) is 0 Å². The number of benzene rings is 6. The summed E-state index contributed by atoms with van der Waals surface area (Å²) < 4.78 is 34.4. The van der Waals surface area contributed by atoms with Gasteiger partial charge in [-0.2, -0.15) is 0 Å². The lowest BCUT2D eigenvalue weighted by Crippen LogP contribution is -2.58. The average molecular weight is 768 g/mol. The molecule has 1 fully saturated rings. The molecule has 0 aromatic heterocycles. The molecular formula is C49H50ClNO5. The zero-order chi connectivity index (χ0) is 38.4. The van der Waals surface area contributed by atoms with Crippen LogP contribution in [-0.4, -0.2) is 37.6 Å². The summed E-state index contributed by atoms with van der Waals surface area (Å²) in [4.78, 5) is 0. The lowest BCUT2D eigenvalue weighted by Gasteiger charge is -2.46. The van der Waals surface area contributed by atoms with E-state index < -0.39 is 30.5 Å². The number of rotatable bonds is 18. The second kappa shape index (κ2) is 20.5. The molecule has 2 N–H and O–H groups in total. The van der Waals surface area contributed by atoms with Crippen LogP contribution in [0.5, 0.6) is 0 Å². The molecule has 5 atom stereocenters. The molecule has 6 aromatic carbocycles. The molecule has 0 unspecified atom stereocenters. The minimum atomic E-state index is -0.547. The molecule has 1 heterocycles. The van der Waals surface area contributed by atoms with Crippen molar-refractivity contribution in [3.05, 3.63) is 213 Å². The Morgan fingerprint density at radius 3 is 1.52 bits per heavy atom. The summed E-state index contributed by atoms with van der Waals surface area (Å²) >= 11 is 6.91. The number of hydrogen-bond donors (Lipinski definition) is 1. The molecule has 0 aliphatic carbocycles. The van der Waals surface area contributed by atoms with Gasteiger partial charge >= 0.3 is 0 Å². The smallest absolute Gasteiger partial charge is 0.117 e. The first kappa shape index (κ1) is 39.6. The van der Waals surface area contributed by atoms with Crippen LogP contribution >= 0.6 is 11.6 Å². The first-order chi connectivity index (χ1) is 27.6. The van der Waals surface area contributed by atoms with Gasteiger partial charge in [-0.05, 0) is 70.0 Å². The molecule has 0 radical (unpaired) electrons. The van der Waals surface area contributed by atoms with Crippen LogP contribution in [0.1, 0.15) is 50.6 Å². The van der Waals surface area contributed by atoms with Gasteiger partial charge in [-0.3, -0.25) is 0 Å². The van der Waals surface area contributed by atoms with Crippen molar-refractivity contribution in [2.75, 3.05) is 13.2 Å². The van der Waals surface area contributed by atoms with E-state index in [9.17, 15) is 0 Å². The van der Waals surface area contributed by atoms with Crippen molar-refractivity contribution in [1.82, 2.24) is 0 Å². The van der Waals surface area contributed by atoms with Crippen LogP contribution < -0.4 is 5.73 Å². The van der Waals surface area contributed by atoms with E-state index in [1.165, 1.54) is 5.56 Å². The van der Waals surface area contributed by atoms with E-state index >= 15 is 0 Å². The van der Waals surface area contributed by atoms with Gasteiger partial charge in [0.25, 0.3) is 0 Å². The lowest BCUT2D eigenvalue weighted by molar-refractivity contribution is -0.275. The van der Waals surface area contributed by atoms with Crippen molar-refractivity contribution in [3.63, 3.8) is 0 Å². The van der Waals surface area contributed by atoms with Crippen LogP contribution in [0.25, 0.3) is 0 Å². The SMILES string of the molecule is NCCc1ccc(Cc2cc([C@@H]3O[C@H](COCc4ccccc4)[C@@H](OCc4ccccc4)[C@H](OCc4ccccc4)[C@H]3OCc3ccccc3)ccc2Cl)cc1. The molecule has 7 rings (SSSR count). The molecule has 0 saturated carbocycles. The van der Waals surface area contributed by atoms with E-state index in [0.717, 1.165) is 45.4 Å². The van der Waals surface area contributed by atoms with Crippen molar-refractivity contribution in [2.45, 2.75) is 69.8 Å². The summed E-state index contributed by atoms with van der Waals surface area (Å²) in [6.45, 7) is 2.46. The highest BCUT2D eigenvalue weighted by atomic mass is 35.5. The van der Waals surface area contributed by atoms with Gasteiger partial charge in [0.1, 0.15) is 30.5 Å². The zero-order valence-corrected chi connectivity index (χ0v) is 32.4. The number of halogens is 1. The Labute approximate surface area is 336 Å². The van der Waals surface area contributed by atoms with Crippen LogP contribution in [0, 0.1) is 0 Å². The highest BCUT2D eigenvalue weighted by molar-refractivity contribution is 6.31. The molecule has 6 aromatic rings. The third-order valence-electron chi connectivity index (χ3n) is 10.1. The van der Waals surface area contributed by atoms with Gasteiger partial charge in [0.05, 0.1) is 33.0 Å². The van der Waals surface area contributed by atoms with E-state index in [1.807, 2.05) is 84.9 Å². The summed E-state index contributed by atoms with van der Waals surface area (Å²) in [5.74, 6) is 0. The summed E-state index contributed by atoms with van der Waals surface area (Å²) in [6.07, 6.45) is -1.10. The van der Waals surface area contributed by atoms with Crippen LogP contribution in [0.4, 0.5) is 0 Å². The predicted octanol–water partition coefficient (Wildman–Crippen LogP) is 9.84. The maximum absolute atomic E-state index is 7.17. The minimum absolute atomic E-state index is 0.289. The lowest BCUT2D eigenvalue weighted by atomic mass is 9.89. The van der Waals surface area contributed by atoms with Crippen LogP contribution in [0.15, 0.2) is 164 Å². The molecule has 1 aliphatic rings. The van der Waals surface area contributed by atoms with E-state index in [-0.39, 0.29) is 6.61 Å². The maximum atomic E-state index is 7.17. The zero-order valence-electron chi connectivity index (χ0n) is 31.6. The minimum Gasteiger partial charge on any atom is -0.374 e. The summed E-state index contributed by atoms with van der Waals surface area (Å²) in [5.41, 5.74) is 14.4. The second-order valence-electron chi connectivity index (χ2n) is 14.3. The Hall–Kier alpha value is -4.63. The fourth-order valence-corrected chi connectivity index (χ4v) is 7.36. The van der Waals surface area contributed by atoms with Crippen molar-refractivity contribution in [2.24, 2.45) is 5.73 Å². The molecule has 0 amide bonds. The largest absolute Gasteiger partial charge is 0.374 e. The topological polar surface area (TPSA) is 72.2 Å². The molecule has 1 aliphatic heterocycles. The summed E-state index contributed by atoms with van der Waals surface area (Å²) in [6, 6.07) is 55.5. The molecule has 6 nitrogen and oxygen atoms in total. The highest BCUT2D eigenvalue weighted by Gasteiger charge is 2.49.